The van der Waals surface area contributed by atoms with Gasteiger partial charge < -0.3 is 9.30 Å². The average Bonchev–Trinajstić information content (AvgIpc) is 2.94. The molecule has 0 saturated carbocycles. The predicted molar refractivity (Wildman–Crippen MR) is 120 cm³/mol. The first kappa shape index (κ1) is 24.8. The Morgan fingerprint density at radius 3 is 2.19 bits per heavy atom. The van der Waals surface area contributed by atoms with E-state index in [0.717, 1.165) is 0 Å². The van der Waals surface area contributed by atoms with E-state index in [9.17, 15) is 18.0 Å². The van der Waals surface area contributed by atoms with Crippen molar-refractivity contribution in [2.24, 2.45) is 13.0 Å². The molecule has 8 heteroatoms. The van der Waals surface area contributed by atoms with Gasteiger partial charge in [-0.05, 0) is 51.3 Å². The highest BCUT2D eigenvalue weighted by Crippen LogP contribution is 2.27. The molecule has 1 atom stereocenters. The van der Waals surface area contributed by atoms with Crippen molar-refractivity contribution in [3.63, 3.8) is 0 Å². The summed E-state index contributed by atoms with van der Waals surface area (Å²) in [5.41, 5.74) is 1.75. The summed E-state index contributed by atoms with van der Waals surface area (Å²) < 4.78 is 34.8. The number of sulfonamides is 1. The maximum absolute atomic E-state index is 13.6. The molecule has 0 aliphatic carbocycles. The van der Waals surface area contributed by atoms with Crippen LogP contribution in [0.15, 0.2) is 35.2 Å². The van der Waals surface area contributed by atoms with Crippen LogP contribution in [0.1, 0.15) is 59.8 Å². The Kier molecular flexibility index (Phi) is 7.83. The van der Waals surface area contributed by atoms with Gasteiger partial charge in [-0.1, -0.05) is 32.0 Å². The monoisotopic (exact) mass is 448 g/mol. The van der Waals surface area contributed by atoms with Crippen molar-refractivity contribution >= 4 is 21.8 Å². The van der Waals surface area contributed by atoms with Crippen LogP contribution < -0.4 is 0 Å². The summed E-state index contributed by atoms with van der Waals surface area (Å²) >= 11 is 0. The number of aromatic nitrogens is 1. The van der Waals surface area contributed by atoms with Crippen LogP contribution >= 0.6 is 0 Å². The van der Waals surface area contributed by atoms with Crippen molar-refractivity contribution < 1.29 is 22.7 Å². The van der Waals surface area contributed by atoms with Crippen molar-refractivity contribution in [3.05, 3.63) is 52.8 Å². The quantitative estimate of drug-likeness (QED) is 0.431. The van der Waals surface area contributed by atoms with E-state index in [-0.39, 0.29) is 29.7 Å². The lowest BCUT2D eigenvalue weighted by Gasteiger charge is -2.29. The molecule has 0 amide bonds. The molecule has 0 bridgehead atoms. The normalized spacial score (nSPS) is 12.9. The van der Waals surface area contributed by atoms with Gasteiger partial charge in [-0.15, -0.1) is 0 Å². The van der Waals surface area contributed by atoms with Crippen molar-refractivity contribution in [2.75, 3.05) is 13.2 Å². The van der Waals surface area contributed by atoms with Crippen LogP contribution in [0.2, 0.25) is 0 Å². The second-order valence-corrected chi connectivity index (χ2v) is 9.93. The molecular weight excluding hydrogens is 416 g/mol. The van der Waals surface area contributed by atoms with Crippen LogP contribution in [0.25, 0.3) is 0 Å². The fourth-order valence-corrected chi connectivity index (χ4v) is 5.50. The lowest BCUT2D eigenvalue weighted by atomic mass is 10.0. The van der Waals surface area contributed by atoms with Crippen LogP contribution in [-0.4, -0.2) is 48.2 Å². The minimum Gasteiger partial charge on any atom is -0.461 e. The van der Waals surface area contributed by atoms with Gasteiger partial charge in [0, 0.05) is 24.8 Å². The van der Waals surface area contributed by atoms with E-state index in [0.29, 0.717) is 22.5 Å². The molecular formula is C23H32N2O5S. The van der Waals surface area contributed by atoms with Gasteiger partial charge in [-0.25, -0.2) is 13.2 Å². The van der Waals surface area contributed by atoms with Crippen molar-refractivity contribution in [2.45, 2.75) is 52.5 Å². The zero-order valence-corrected chi connectivity index (χ0v) is 20.1. The Balaban J connectivity index is 2.54. The molecule has 0 aliphatic heterocycles. The SMILES string of the molecule is CCOC(=O)c1c(C)c(C(=O)C(C)N(CC(C)C)S(=O)(=O)c2ccccc2)c(C)n1C. The summed E-state index contributed by atoms with van der Waals surface area (Å²) in [5.74, 6) is -0.837. The summed E-state index contributed by atoms with van der Waals surface area (Å²) in [6.07, 6.45) is 0. The fourth-order valence-electron chi connectivity index (χ4n) is 3.72. The smallest absolute Gasteiger partial charge is 0.355 e. The van der Waals surface area contributed by atoms with E-state index in [2.05, 4.69) is 0 Å². The Hall–Kier alpha value is -2.45. The highest BCUT2D eigenvalue weighted by molar-refractivity contribution is 7.89. The Bertz CT molecular complexity index is 1060. The van der Waals surface area contributed by atoms with E-state index < -0.39 is 22.0 Å². The first-order valence-electron chi connectivity index (χ1n) is 10.4. The number of hydrogen-bond donors (Lipinski definition) is 0. The zero-order chi connectivity index (χ0) is 23.5. The van der Waals surface area contributed by atoms with Crippen molar-refractivity contribution in [1.82, 2.24) is 8.87 Å². The third-order valence-corrected chi connectivity index (χ3v) is 7.30. The standard InChI is InChI=1S/C23H32N2O5S/c1-8-30-23(27)21-16(4)20(17(5)24(21)7)22(26)18(6)25(14-15(2)3)31(28,29)19-12-10-9-11-13-19/h9-13,15,18H,8,14H2,1-7H3. The molecule has 170 valence electrons. The number of carbonyl (C=O) groups is 2. The first-order chi connectivity index (χ1) is 14.4. The summed E-state index contributed by atoms with van der Waals surface area (Å²) in [7, 11) is -2.19. The summed E-state index contributed by atoms with van der Waals surface area (Å²) in [6.45, 7) is 11.0. The minimum atomic E-state index is -3.89. The van der Waals surface area contributed by atoms with Gasteiger partial charge in [0.05, 0.1) is 17.5 Å². The topological polar surface area (TPSA) is 85.7 Å². The highest BCUT2D eigenvalue weighted by atomic mass is 32.2. The maximum Gasteiger partial charge on any atom is 0.355 e. The number of carbonyl (C=O) groups excluding carboxylic acids is 2. The van der Waals surface area contributed by atoms with Gasteiger partial charge in [-0.2, -0.15) is 4.31 Å². The summed E-state index contributed by atoms with van der Waals surface area (Å²) in [5, 5.41) is 0. The number of hydrogen-bond acceptors (Lipinski definition) is 5. The molecule has 0 N–H and O–H groups in total. The zero-order valence-electron chi connectivity index (χ0n) is 19.3. The average molecular weight is 449 g/mol. The first-order valence-corrected chi connectivity index (χ1v) is 11.8. The molecule has 1 aromatic carbocycles. The van der Waals surface area contributed by atoms with Crippen LogP contribution in [0.4, 0.5) is 0 Å². The van der Waals surface area contributed by atoms with Gasteiger partial charge in [0.15, 0.2) is 5.78 Å². The van der Waals surface area contributed by atoms with Crippen LogP contribution in [0.5, 0.6) is 0 Å². The molecule has 1 heterocycles. The van der Waals surface area contributed by atoms with E-state index in [1.807, 2.05) is 13.8 Å². The number of rotatable bonds is 9. The lowest BCUT2D eigenvalue weighted by Crippen LogP contribution is -2.45. The Labute approximate surface area is 185 Å². The minimum absolute atomic E-state index is 0.0156. The van der Waals surface area contributed by atoms with E-state index in [1.165, 1.54) is 16.4 Å². The number of esters is 1. The van der Waals surface area contributed by atoms with Crippen LogP contribution in [0, 0.1) is 19.8 Å². The van der Waals surface area contributed by atoms with Gasteiger partial charge in [0.25, 0.3) is 0 Å². The molecule has 1 unspecified atom stereocenters. The number of nitrogens with zero attached hydrogens (tertiary/aromatic N) is 2. The fraction of sp³-hybridized carbons (Fsp3) is 0.478. The van der Waals surface area contributed by atoms with Crippen LogP contribution in [0.3, 0.4) is 0 Å². The third kappa shape index (κ3) is 4.91. The maximum atomic E-state index is 13.6. The Morgan fingerprint density at radius 1 is 1.10 bits per heavy atom. The van der Waals surface area contributed by atoms with Gasteiger partial charge in [0.2, 0.25) is 10.0 Å². The van der Waals surface area contributed by atoms with Gasteiger partial charge >= 0.3 is 5.97 Å². The molecule has 31 heavy (non-hydrogen) atoms. The molecule has 0 spiro atoms. The van der Waals surface area contributed by atoms with Gasteiger partial charge in [-0.3, -0.25) is 4.79 Å². The van der Waals surface area contributed by atoms with Crippen molar-refractivity contribution in [3.8, 4) is 0 Å². The number of ether oxygens (including phenoxy) is 1. The number of benzene rings is 1. The van der Waals surface area contributed by atoms with Gasteiger partial charge in [0.1, 0.15) is 5.69 Å². The molecule has 0 radical (unpaired) electrons. The molecule has 0 fully saturated rings. The van der Waals surface area contributed by atoms with E-state index >= 15 is 0 Å². The molecule has 0 aliphatic rings. The summed E-state index contributed by atoms with van der Waals surface area (Å²) in [6, 6.07) is 7.17. The predicted octanol–water partition coefficient (Wildman–Crippen LogP) is 3.74. The number of ketones is 1. The Morgan fingerprint density at radius 2 is 1.68 bits per heavy atom. The molecule has 1 aromatic heterocycles. The third-order valence-electron chi connectivity index (χ3n) is 5.35. The second kappa shape index (κ2) is 9.78. The van der Waals surface area contributed by atoms with Crippen molar-refractivity contribution in [1.29, 1.82) is 0 Å². The van der Waals surface area contributed by atoms with E-state index in [1.54, 1.807) is 57.5 Å². The second-order valence-electron chi connectivity index (χ2n) is 8.04. The number of Topliss-reactive ketones (excluding diaryl/α,β-unsaturated/α-hetero) is 1. The molecule has 0 saturated heterocycles. The van der Waals surface area contributed by atoms with Crippen LogP contribution in [-0.2, 0) is 21.8 Å². The highest BCUT2D eigenvalue weighted by Gasteiger charge is 2.36. The van der Waals surface area contributed by atoms with E-state index in [4.69, 9.17) is 4.74 Å². The summed E-state index contributed by atoms with van der Waals surface area (Å²) in [4.78, 5) is 26.1. The lowest BCUT2D eigenvalue weighted by molar-refractivity contribution is 0.0514. The largest absolute Gasteiger partial charge is 0.461 e. The molecule has 7 nitrogen and oxygen atoms in total. The molecule has 2 rings (SSSR count). The molecule has 2 aromatic rings.